The zero-order chi connectivity index (χ0) is 23.3. The highest BCUT2D eigenvalue weighted by atomic mass is 16.5. The van der Waals surface area contributed by atoms with Crippen LogP contribution in [0.2, 0.25) is 0 Å². The quantitative estimate of drug-likeness (QED) is 0.300. The molecule has 0 unspecified atom stereocenters. The van der Waals surface area contributed by atoms with Crippen molar-refractivity contribution in [2.45, 2.75) is 19.5 Å². The van der Waals surface area contributed by atoms with Gasteiger partial charge in [0.15, 0.2) is 0 Å². The van der Waals surface area contributed by atoms with Gasteiger partial charge in [0.25, 0.3) is 5.91 Å². The molecule has 0 N–H and O–H groups in total. The van der Waals surface area contributed by atoms with Gasteiger partial charge in [-0.2, -0.15) is 0 Å². The maximum absolute atomic E-state index is 12.8. The SMILES string of the molecule is CN(Cc1nc2ccccc2n1CCCOc1ccc2ccccc2c1)C(=O)c1cccnc1. The van der Waals surface area contributed by atoms with Gasteiger partial charge in [-0.15, -0.1) is 0 Å². The van der Waals surface area contributed by atoms with Crippen LogP contribution in [0.5, 0.6) is 5.75 Å². The van der Waals surface area contributed by atoms with Gasteiger partial charge in [0.05, 0.1) is 29.7 Å². The van der Waals surface area contributed by atoms with E-state index in [1.54, 1.807) is 36.5 Å². The lowest BCUT2D eigenvalue weighted by Gasteiger charge is -2.18. The number of carbonyl (C=O) groups excluding carboxylic acids is 1. The Bertz CT molecular complexity index is 1430. The Kier molecular flexibility index (Phi) is 6.21. The third kappa shape index (κ3) is 4.62. The Balaban J connectivity index is 1.28. The van der Waals surface area contributed by atoms with Crippen LogP contribution in [0.4, 0.5) is 0 Å². The average molecular weight is 451 g/mol. The summed E-state index contributed by atoms with van der Waals surface area (Å²) in [4.78, 5) is 23.4. The molecule has 0 fully saturated rings. The van der Waals surface area contributed by atoms with Crippen LogP contribution < -0.4 is 4.74 Å². The standard InChI is InChI=1S/C28H26N4O2/c1-31(28(33)23-10-6-15-29-19-23)20-27-30-25-11-4-5-12-26(25)32(27)16-7-17-34-24-14-13-21-8-2-3-9-22(21)18-24/h2-6,8-15,18-19H,7,16-17,20H2,1H3. The molecule has 1 amide bonds. The molecule has 34 heavy (non-hydrogen) atoms. The Morgan fingerprint density at radius 3 is 2.65 bits per heavy atom. The summed E-state index contributed by atoms with van der Waals surface area (Å²) in [6, 6.07) is 26.1. The molecule has 0 aliphatic rings. The van der Waals surface area contributed by atoms with Gasteiger partial charge < -0.3 is 14.2 Å². The molecule has 0 saturated heterocycles. The van der Waals surface area contributed by atoms with Crippen molar-refractivity contribution in [3.8, 4) is 5.75 Å². The molecule has 0 bridgehead atoms. The van der Waals surface area contributed by atoms with E-state index in [9.17, 15) is 4.79 Å². The fourth-order valence-corrected chi connectivity index (χ4v) is 4.16. The van der Waals surface area contributed by atoms with E-state index in [0.29, 0.717) is 18.7 Å². The normalized spacial score (nSPS) is 11.1. The first-order valence-corrected chi connectivity index (χ1v) is 11.4. The smallest absolute Gasteiger partial charge is 0.255 e. The van der Waals surface area contributed by atoms with Crippen LogP contribution in [0.1, 0.15) is 22.6 Å². The Labute approximate surface area is 198 Å². The third-order valence-electron chi connectivity index (χ3n) is 5.88. The first-order chi connectivity index (χ1) is 16.7. The van der Waals surface area contributed by atoms with Crippen molar-refractivity contribution in [3.05, 3.63) is 103 Å². The maximum atomic E-state index is 12.8. The van der Waals surface area contributed by atoms with E-state index in [4.69, 9.17) is 9.72 Å². The van der Waals surface area contributed by atoms with Crippen molar-refractivity contribution in [1.82, 2.24) is 19.4 Å². The zero-order valence-corrected chi connectivity index (χ0v) is 19.1. The van der Waals surface area contributed by atoms with Gasteiger partial charge in [-0.05, 0) is 53.6 Å². The topological polar surface area (TPSA) is 60.2 Å². The van der Waals surface area contributed by atoms with Crippen molar-refractivity contribution >= 4 is 27.7 Å². The number of fused-ring (bicyclic) bond motifs is 2. The second kappa shape index (κ2) is 9.75. The van der Waals surface area contributed by atoms with Gasteiger partial charge in [0.1, 0.15) is 11.6 Å². The van der Waals surface area contributed by atoms with Crippen LogP contribution in [-0.4, -0.2) is 39.0 Å². The van der Waals surface area contributed by atoms with Crippen molar-refractivity contribution in [1.29, 1.82) is 0 Å². The summed E-state index contributed by atoms with van der Waals surface area (Å²) < 4.78 is 8.22. The highest BCUT2D eigenvalue weighted by Gasteiger charge is 2.17. The molecule has 3 aromatic carbocycles. The Morgan fingerprint density at radius 1 is 0.971 bits per heavy atom. The molecule has 170 valence electrons. The summed E-state index contributed by atoms with van der Waals surface area (Å²) in [6.07, 6.45) is 4.07. The van der Waals surface area contributed by atoms with Crippen molar-refractivity contribution in [2.24, 2.45) is 0 Å². The molecule has 5 aromatic rings. The van der Waals surface area contributed by atoms with E-state index in [1.807, 2.05) is 36.4 Å². The minimum Gasteiger partial charge on any atom is -0.494 e. The number of hydrogen-bond acceptors (Lipinski definition) is 4. The molecular weight excluding hydrogens is 424 g/mol. The van der Waals surface area contributed by atoms with Gasteiger partial charge in [0.2, 0.25) is 0 Å². The molecule has 0 atom stereocenters. The summed E-state index contributed by atoms with van der Waals surface area (Å²) in [6.45, 7) is 1.75. The minimum atomic E-state index is -0.0775. The highest BCUT2D eigenvalue weighted by molar-refractivity contribution is 5.93. The highest BCUT2D eigenvalue weighted by Crippen LogP contribution is 2.22. The summed E-state index contributed by atoms with van der Waals surface area (Å²) in [5.41, 5.74) is 2.55. The number of amides is 1. The number of hydrogen-bond donors (Lipinski definition) is 0. The predicted molar refractivity (Wildman–Crippen MR) is 134 cm³/mol. The fourth-order valence-electron chi connectivity index (χ4n) is 4.16. The van der Waals surface area contributed by atoms with E-state index in [0.717, 1.165) is 35.6 Å². The van der Waals surface area contributed by atoms with Crippen LogP contribution in [-0.2, 0) is 13.1 Å². The lowest BCUT2D eigenvalue weighted by molar-refractivity contribution is 0.0779. The number of aryl methyl sites for hydroxylation is 1. The van der Waals surface area contributed by atoms with E-state index in [1.165, 1.54) is 10.8 Å². The maximum Gasteiger partial charge on any atom is 0.255 e. The van der Waals surface area contributed by atoms with E-state index >= 15 is 0 Å². The van der Waals surface area contributed by atoms with Crippen molar-refractivity contribution in [2.75, 3.05) is 13.7 Å². The average Bonchev–Trinajstić information content (AvgIpc) is 3.23. The number of carbonyl (C=O) groups is 1. The summed E-state index contributed by atoms with van der Waals surface area (Å²) in [5.74, 6) is 1.65. The molecule has 0 aliphatic carbocycles. The van der Waals surface area contributed by atoms with Crippen molar-refractivity contribution in [3.63, 3.8) is 0 Å². The molecule has 0 radical (unpaired) electrons. The number of rotatable bonds is 8. The molecule has 5 rings (SSSR count). The minimum absolute atomic E-state index is 0.0775. The van der Waals surface area contributed by atoms with Crippen LogP contribution in [0, 0.1) is 0 Å². The van der Waals surface area contributed by atoms with Gasteiger partial charge in [-0.1, -0.05) is 42.5 Å². The number of benzene rings is 3. The second-order valence-electron chi connectivity index (χ2n) is 8.28. The predicted octanol–water partition coefficient (Wildman–Crippen LogP) is 5.33. The van der Waals surface area contributed by atoms with Gasteiger partial charge >= 0.3 is 0 Å². The van der Waals surface area contributed by atoms with E-state index in [2.05, 4.69) is 39.9 Å². The summed E-state index contributed by atoms with van der Waals surface area (Å²) in [7, 11) is 1.79. The van der Waals surface area contributed by atoms with E-state index in [-0.39, 0.29) is 5.91 Å². The Morgan fingerprint density at radius 2 is 1.79 bits per heavy atom. The van der Waals surface area contributed by atoms with E-state index < -0.39 is 0 Å². The van der Waals surface area contributed by atoms with Gasteiger partial charge in [-0.3, -0.25) is 9.78 Å². The molecule has 0 saturated carbocycles. The molecule has 2 heterocycles. The molecular formula is C28H26N4O2. The van der Waals surface area contributed by atoms with Gasteiger partial charge in [-0.25, -0.2) is 4.98 Å². The number of aromatic nitrogens is 3. The molecule has 6 nitrogen and oxygen atoms in total. The number of ether oxygens (including phenoxy) is 1. The number of para-hydroxylation sites is 2. The van der Waals surface area contributed by atoms with Crippen LogP contribution >= 0.6 is 0 Å². The largest absolute Gasteiger partial charge is 0.494 e. The fraction of sp³-hybridized carbons (Fsp3) is 0.179. The third-order valence-corrected chi connectivity index (χ3v) is 5.88. The lowest BCUT2D eigenvalue weighted by atomic mass is 10.1. The Hall–Kier alpha value is -4.19. The second-order valence-corrected chi connectivity index (χ2v) is 8.28. The number of nitrogens with zero attached hydrogens (tertiary/aromatic N) is 4. The molecule has 6 heteroatoms. The zero-order valence-electron chi connectivity index (χ0n) is 19.1. The number of imidazole rings is 1. The van der Waals surface area contributed by atoms with Gasteiger partial charge in [0, 0.05) is 26.0 Å². The molecule has 0 spiro atoms. The van der Waals surface area contributed by atoms with Crippen LogP contribution in [0.15, 0.2) is 91.3 Å². The number of pyridine rings is 1. The monoisotopic (exact) mass is 450 g/mol. The molecule has 2 aromatic heterocycles. The lowest BCUT2D eigenvalue weighted by Crippen LogP contribution is -2.28. The first-order valence-electron chi connectivity index (χ1n) is 11.4. The van der Waals surface area contributed by atoms with Crippen LogP contribution in [0.3, 0.4) is 0 Å². The summed E-state index contributed by atoms with van der Waals surface area (Å²) >= 11 is 0. The summed E-state index contributed by atoms with van der Waals surface area (Å²) in [5, 5.41) is 2.37. The first kappa shape index (κ1) is 21.6. The molecule has 0 aliphatic heterocycles. The van der Waals surface area contributed by atoms with Crippen LogP contribution in [0.25, 0.3) is 21.8 Å². The van der Waals surface area contributed by atoms with Crippen molar-refractivity contribution < 1.29 is 9.53 Å².